The summed E-state index contributed by atoms with van der Waals surface area (Å²) in [6, 6.07) is 7.08. The van der Waals surface area contributed by atoms with Crippen LogP contribution in [0.15, 0.2) is 36.4 Å². The number of allylic oxidation sites excluding steroid dienone is 2. The Morgan fingerprint density at radius 2 is 2.05 bits per heavy atom. The van der Waals surface area contributed by atoms with Gasteiger partial charge >= 0.3 is 5.97 Å². The Balaban J connectivity index is 2.40. The molecule has 0 aliphatic heterocycles. The molecule has 0 saturated carbocycles. The lowest BCUT2D eigenvalue weighted by atomic mass is 10.1. The number of hydrogen-bond acceptors (Lipinski definition) is 3. The van der Waals surface area contributed by atoms with Gasteiger partial charge in [0.1, 0.15) is 5.82 Å². The van der Waals surface area contributed by atoms with E-state index < -0.39 is 11.8 Å². The summed E-state index contributed by atoms with van der Waals surface area (Å²) in [6.07, 6.45) is 1.51. The Kier molecular flexibility index (Phi) is 3.36. The smallest absolute Gasteiger partial charge is 0.328 e. The second-order valence-electron chi connectivity index (χ2n) is 3.63. The molecule has 0 saturated heterocycles. The summed E-state index contributed by atoms with van der Waals surface area (Å²) < 4.78 is 0. The van der Waals surface area contributed by atoms with Gasteiger partial charge in [-0.25, -0.2) is 9.78 Å². The number of rotatable bonds is 4. The van der Waals surface area contributed by atoms with Crippen LogP contribution in [0.3, 0.4) is 0 Å². The quantitative estimate of drug-likeness (QED) is 0.635. The fourth-order valence-corrected chi connectivity index (χ4v) is 1.53. The predicted octanol–water partition coefficient (Wildman–Crippen LogP) is 1.40. The molecular weight excluding hydrogens is 246 g/mol. The minimum absolute atomic E-state index is 0.128. The van der Waals surface area contributed by atoms with E-state index in [1.54, 1.807) is 30.1 Å². The number of fused-ring (bicyclic) bond motifs is 1. The first-order valence-corrected chi connectivity index (χ1v) is 5.29. The summed E-state index contributed by atoms with van der Waals surface area (Å²) in [4.78, 5) is 29.0. The number of carboxylic acid groups (broad SMARTS) is 1. The Morgan fingerprint density at radius 3 is 2.68 bits per heavy atom. The van der Waals surface area contributed by atoms with Gasteiger partial charge in [-0.05, 0) is 18.2 Å². The first kappa shape index (κ1) is 12.5. The number of aliphatic carboxylic acids is 1. The molecule has 0 unspecified atom stereocenters. The van der Waals surface area contributed by atoms with Crippen molar-refractivity contribution in [3.8, 4) is 0 Å². The lowest BCUT2D eigenvalue weighted by molar-refractivity contribution is -0.131. The molecule has 0 atom stereocenters. The average molecular weight is 254 g/mol. The van der Waals surface area contributed by atoms with E-state index >= 15 is 0 Å². The predicted molar refractivity (Wildman–Crippen MR) is 69.6 cm³/mol. The van der Waals surface area contributed by atoms with Crippen molar-refractivity contribution in [3.63, 3.8) is 0 Å². The van der Waals surface area contributed by atoms with E-state index in [1.807, 2.05) is 0 Å². The van der Waals surface area contributed by atoms with Gasteiger partial charge in [0.15, 0.2) is 5.78 Å². The summed E-state index contributed by atoms with van der Waals surface area (Å²) in [5.41, 5.74) is 1.09. The standard InChI is InChI=1S/C13H8N3O3/c14-7-8(11(17)5-6-12(18)19)13-15-9-3-1-2-4-10(9)16-13/h1-6H,(H,15,16)(H,18,19)/q-1/b6-5+. The summed E-state index contributed by atoms with van der Waals surface area (Å²) in [5.74, 6) is -0.0986. The molecule has 1 heterocycles. The third-order valence-electron chi connectivity index (χ3n) is 2.36. The highest BCUT2D eigenvalue weighted by Gasteiger charge is 2.12. The van der Waals surface area contributed by atoms with E-state index in [4.69, 9.17) is 10.5 Å². The van der Waals surface area contributed by atoms with Gasteiger partial charge in [-0.1, -0.05) is 12.1 Å². The number of hydrogen-bond donors (Lipinski definition) is 2. The molecule has 0 spiro atoms. The van der Waals surface area contributed by atoms with Crippen LogP contribution in [0.2, 0.25) is 0 Å². The maximum Gasteiger partial charge on any atom is 0.328 e. The number of carbonyl (C=O) groups is 2. The third-order valence-corrected chi connectivity index (χ3v) is 2.36. The van der Waals surface area contributed by atoms with Crippen LogP contribution in [0, 0.1) is 0 Å². The highest BCUT2D eigenvalue weighted by atomic mass is 16.4. The number of H-pyrrole nitrogens is 1. The monoisotopic (exact) mass is 254 g/mol. The van der Waals surface area contributed by atoms with Crippen LogP contribution in [-0.4, -0.2) is 32.7 Å². The summed E-state index contributed by atoms with van der Waals surface area (Å²) >= 11 is 0. The van der Waals surface area contributed by atoms with E-state index in [0.717, 1.165) is 6.08 Å². The zero-order chi connectivity index (χ0) is 13.8. The molecule has 1 aromatic carbocycles. The number of para-hydroxylation sites is 2. The normalized spacial score (nSPS) is 10.5. The first-order valence-electron chi connectivity index (χ1n) is 5.29. The van der Waals surface area contributed by atoms with Crippen molar-refractivity contribution in [1.82, 2.24) is 9.97 Å². The van der Waals surface area contributed by atoms with Gasteiger partial charge in [0.2, 0.25) is 0 Å². The Hall–Kier alpha value is -2.98. The summed E-state index contributed by atoms with van der Waals surface area (Å²) in [6.45, 7) is 0. The van der Waals surface area contributed by atoms with Gasteiger partial charge in [-0.2, -0.15) is 0 Å². The molecule has 94 valence electrons. The summed E-state index contributed by atoms with van der Waals surface area (Å²) in [7, 11) is 0. The second-order valence-corrected chi connectivity index (χ2v) is 3.63. The van der Waals surface area contributed by atoms with Gasteiger partial charge < -0.3 is 15.5 Å². The number of carbonyl (C=O) groups excluding carboxylic acids is 1. The average Bonchev–Trinajstić information content (AvgIpc) is 2.80. The van der Waals surface area contributed by atoms with Crippen molar-refractivity contribution < 1.29 is 14.7 Å². The Bertz CT molecular complexity index is 703. The molecular formula is C13H8N3O3-. The Labute approximate surface area is 107 Å². The van der Waals surface area contributed by atoms with Crippen LogP contribution in [0.4, 0.5) is 0 Å². The van der Waals surface area contributed by atoms with E-state index in [1.165, 1.54) is 0 Å². The van der Waals surface area contributed by atoms with Crippen LogP contribution >= 0.6 is 0 Å². The molecule has 0 aliphatic carbocycles. The number of imidazole rings is 1. The lowest BCUT2D eigenvalue weighted by Crippen LogP contribution is -2.01. The number of ketones is 1. The molecule has 0 radical (unpaired) electrons. The SMILES string of the molecule is [N-]=C=C(C(=O)/C=C/C(=O)O)c1nc2ccccc2[nH]1. The number of aromatic nitrogens is 2. The van der Waals surface area contributed by atoms with E-state index in [9.17, 15) is 9.59 Å². The molecule has 6 heteroatoms. The summed E-state index contributed by atoms with van der Waals surface area (Å²) in [5, 5.41) is 17.4. The van der Waals surface area contributed by atoms with E-state index in [2.05, 4.69) is 9.97 Å². The fourth-order valence-electron chi connectivity index (χ4n) is 1.53. The van der Waals surface area contributed by atoms with Crippen LogP contribution < -0.4 is 0 Å². The minimum Gasteiger partial charge on any atom is -0.763 e. The molecule has 0 bridgehead atoms. The van der Waals surface area contributed by atoms with Gasteiger partial charge in [0, 0.05) is 6.08 Å². The van der Waals surface area contributed by atoms with Gasteiger partial charge in [0.25, 0.3) is 0 Å². The highest BCUT2D eigenvalue weighted by Crippen LogP contribution is 2.16. The van der Waals surface area contributed by atoms with Crippen molar-refractivity contribution in [2.24, 2.45) is 0 Å². The number of benzene rings is 1. The van der Waals surface area contributed by atoms with Gasteiger partial charge in [-0.3, -0.25) is 10.7 Å². The maximum atomic E-state index is 11.7. The zero-order valence-corrected chi connectivity index (χ0v) is 9.62. The number of nitrogens with one attached hydrogen (secondary N) is 1. The molecule has 2 rings (SSSR count). The number of nitrogens with zero attached hydrogens (tertiary/aromatic N) is 2. The fraction of sp³-hybridized carbons (Fsp3) is 0. The van der Waals surface area contributed by atoms with Crippen molar-refractivity contribution in [2.45, 2.75) is 0 Å². The molecule has 2 aromatic rings. The largest absolute Gasteiger partial charge is 0.763 e. The molecule has 19 heavy (non-hydrogen) atoms. The molecule has 0 aliphatic rings. The lowest BCUT2D eigenvalue weighted by Gasteiger charge is -1.97. The van der Waals surface area contributed by atoms with Crippen molar-refractivity contribution in [2.75, 3.05) is 0 Å². The molecule has 6 nitrogen and oxygen atoms in total. The molecule has 0 amide bonds. The second kappa shape index (κ2) is 5.12. The Morgan fingerprint density at radius 1 is 1.32 bits per heavy atom. The first-order chi connectivity index (χ1) is 9.11. The van der Waals surface area contributed by atoms with E-state index in [-0.39, 0.29) is 11.4 Å². The van der Waals surface area contributed by atoms with Crippen molar-refractivity contribution >= 4 is 34.2 Å². The van der Waals surface area contributed by atoms with Crippen LogP contribution in [0.5, 0.6) is 0 Å². The van der Waals surface area contributed by atoms with Gasteiger partial charge in [-0.15, -0.1) is 0 Å². The van der Waals surface area contributed by atoms with Gasteiger partial charge in [0.05, 0.1) is 16.6 Å². The van der Waals surface area contributed by atoms with E-state index in [0.29, 0.717) is 17.1 Å². The topological polar surface area (TPSA) is 105 Å². The maximum absolute atomic E-state index is 11.7. The van der Waals surface area contributed by atoms with Crippen LogP contribution in [-0.2, 0) is 9.59 Å². The molecule has 2 N–H and O–H groups in total. The minimum atomic E-state index is -1.25. The highest BCUT2D eigenvalue weighted by molar-refractivity contribution is 6.33. The van der Waals surface area contributed by atoms with Crippen molar-refractivity contribution in [1.29, 1.82) is 0 Å². The number of aromatic amines is 1. The van der Waals surface area contributed by atoms with Crippen LogP contribution in [0.1, 0.15) is 5.82 Å². The number of carboxylic acids is 1. The third kappa shape index (κ3) is 2.65. The molecule has 1 aromatic heterocycles. The molecule has 0 fully saturated rings. The zero-order valence-electron chi connectivity index (χ0n) is 9.62. The van der Waals surface area contributed by atoms with Crippen molar-refractivity contribution in [3.05, 3.63) is 47.7 Å². The van der Waals surface area contributed by atoms with Crippen LogP contribution in [0.25, 0.3) is 22.0 Å².